The number of fused-ring (bicyclic) bond motifs is 1. The average molecular weight is 460 g/mol. The van der Waals surface area contributed by atoms with Crippen molar-refractivity contribution in [2.24, 2.45) is 7.05 Å². The molecule has 32 heavy (non-hydrogen) atoms. The van der Waals surface area contributed by atoms with Crippen molar-refractivity contribution in [1.29, 1.82) is 0 Å². The number of hydrogen-bond donors (Lipinski definition) is 1. The Labute approximate surface area is 188 Å². The van der Waals surface area contributed by atoms with Crippen LogP contribution >= 0.6 is 0 Å². The topological polar surface area (TPSA) is 89.9 Å². The van der Waals surface area contributed by atoms with E-state index in [1.807, 2.05) is 19.9 Å². The Kier molecular flexibility index (Phi) is 7.10. The molecule has 1 amide bonds. The molecule has 0 aliphatic heterocycles. The Morgan fingerprint density at radius 1 is 1.03 bits per heavy atom. The van der Waals surface area contributed by atoms with Crippen molar-refractivity contribution in [3.63, 3.8) is 0 Å². The molecule has 1 heterocycles. The Bertz CT molecular complexity index is 1230. The maximum absolute atomic E-state index is 12.9. The third-order valence-corrected chi connectivity index (χ3v) is 7.57. The highest BCUT2D eigenvalue weighted by molar-refractivity contribution is 7.89. The van der Waals surface area contributed by atoms with Crippen LogP contribution in [0.3, 0.4) is 0 Å². The second-order valence-corrected chi connectivity index (χ2v) is 9.20. The lowest BCUT2D eigenvalue weighted by molar-refractivity contribution is 0.0943. The van der Waals surface area contributed by atoms with Gasteiger partial charge in [0.25, 0.3) is 5.91 Å². The summed E-state index contributed by atoms with van der Waals surface area (Å²) in [5.74, 6) is 1.02. The van der Waals surface area contributed by atoms with E-state index in [9.17, 15) is 13.2 Å². The third kappa shape index (κ3) is 4.44. The molecule has 0 radical (unpaired) electrons. The highest BCUT2D eigenvalue weighted by atomic mass is 32.2. The number of sulfonamides is 1. The SMILES string of the molecule is CCN(CC)S(=O)(=O)c1ccc2c(c1)cc(C(=O)NCc1ccc(OC)cc1OC)n2C. The molecule has 0 bridgehead atoms. The van der Waals surface area contributed by atoms with Gasteiger partial charge in [0.05, 0.1) is 19.1 Å². The summed E-state index contributed by atoms with van der Waals surface area (Å²) in [6, 6.07) is 12.0. The predicted octanol–water partition coefficient (Wildman–Crippen LogP) is 3.16. The molecule has 9 heteroatoms. The Morgan fingerprint density at radius 2 is 1.75 bits per heavy atom. The summed E-state index contributed by atoms with van der Waals surface area (Å²) in [6.45, 7) is 4.68. The molecule has 1 N–H and O–H groups in total. The molecule has 172 valence electrons. The highest BCUT2D eigenvalue weighted by Crippen LogP contribution is 2.26. The van der Waals surface area contributed by atoms with Gasteiger partial charge in [-0.15, -0.1) is 0 Å². The van der Waals surface area contributed by atoms with E-state index < -0.39 is 10.0 Å². The number of amides is 1. The van der Waals surface area contributed by atoms with Gasteiger partial charge in [-0.25, -0.2) is 8.42 Å². The van der Waals surface area contributed by atoms with Crippen LogP contribution in [0.1, 0.15) is 29.9 Å². The van der Waals surface area contributed by atoms with E-state index >= 15 is 0 Å². The second-order valence-electron chi connectivity index (χ2n) is 7.26. The minimum Gasteiger partial charge on any atom is -0.497 e. The first kappa shape index (κ1) is 23.6. The zero-order chi connectivity index (χ0) is 23.5. The molecule has 0 spiro atoms. The smallest absolute Gasteiger partial charge is 0.268 e. The lowest BCUT2D eigenvalue weighted by Gasteiger charge is -2.18. The van der Waals surface area contributed by atoms with Crippen LogP contribution in [0.4, 0.5) is 0 Å². The van der Waals surface area contributed by atoms with Crippen molar-refractivity contribution in [2.45, 2.75) is 25.3 Å². The minimum atomic E-state index is -3.58. The summed E-state index contributed by atoms with van der Waals surface area (Å²) < 4.78 is 39.4. The first-order valence-corrected chi connectivity index (χ1v) is 11.8. The van der Waals surface area contributed by atoms with E-state index in [2.05, 4.69) is 5.32 Å². The molecule has 0 saturated carbocycles. The van der Waals surface area contributed by atoms with Crippen LogP contribution in [0.5, 0.6) is 11.5 Å². The number of rotatable bonds is 9. The molecule has 0 fully saturated rings. The van der Waals surface area contributed by atoms with E-state index in [0.29, 0.717) is 35.7 Å². The van der Waals surface area contributed by atoms with Gasteiger partial charge in [-0.3, -0.25) is 4.79 Å². The molecule has 2 aromatic carbocycles. The molecular formula is C23H29N3O5S. The average Bonchev–Trinajstić information content (AvgIpc) is 3.13. The number of nitrogens with one attached hydrogen (secondary N) is 1. The van der Waals surface area contributed by atoms with E-state index in [1.165, 1.54) is 4.31 Å². The largest absolute Gasteiger partial charge is 0.497 e. The van der Waals surface area contributed by atoms with Gasteiger partial charge in [-0.05, 0) is 36.4 Å². The lowest BCUT2D eigenvalue weighted by Crippen LogP contribution is -2.30. The van der Waals surface area contributed by atoms with Gasteiger partial charge in [0, 0.05) is 49.2 Å². The van der Waals surface area contributed by atoms with Crippen LogP contribution in [-0.2, 0) is 23.6 Å². The van der Waals surface area contributed by atoms with E-state index in [0.717, 1.165) is 11.1 Å². The van der Waals surface area contributed by atoms with Crippen molar-refractivity contribution in [2.75, 3.05) is 27.3 Å². The molecule has 3 aromatic rings. The highest BCUT2D eigenvalue weighted by Gasteiger charge is 2.23. The van der Waals surface area contributed by atoms with Crippen molar-refractivity contribution in [3.8, 4) is 11.5 Å². The van der Waals surface area contributed by atoms with Gasteiger partial charge >= 0.3 is 0 Å². The monoisotopic (exact) mass is 459 g/mol. The molecule has 0 unspecified atom stereocenters. The number of aryl methyl sites for hydroxylation is 1. The van der Waals surface area contributed by atoms with Gasteiger partial charge in [-0.2, -0.15) is 4.31 Å². The molecular weight excluding hydrogens is 430 g/mol. The van der Waals surface area contributed by atoms with Crippen LogP contribution in [-0.4, -0.2) is 50.5 Å². The number of nitrogens with zero attached hydrogens (tertiary/aromatic N) is 2. The summed E-state index contributed by atoms with van der Waals surface area (Å²) in [5.41, 5.74) is 2.02. The van der Waals surface area contributed by atoms with Crippen molar-refractivity contribution >= 4 is 26.8 Å². The van der Waals surface area contributed by atoms with E-state index in [1.54, 1.807) is 62.2 Å². The number of hydrogen-bond acceptors (Lipinski definition) is 5. The molecule has 0 saturated heterocycles. The van der Waals surface area contributed by atoms with E-state index in [-0.39, 0.29) is 17.3 Å². The normalized spacial score (nSPS) is 11.7. The van der Waals surface area contributed by atoms with Gasteiger partial charge in [0.15, 0.2) is 0 Å². The van der Waals surface area contributed by atoms with Crippen LogP contribution < -0.4 is 14.8 Å². The standard InChI is InChI=1S/C23H29N3O5S/c1-6-26(7-2)32(28,29)19-10-11-20-17(12-19)13-21(25(20)3)23(27)24-15-16-8-9-18(30-4)14-22(16)31-5/h8-14H,6-7,15H2,1-5H3,(H,24,27). The summed E-state index contributed by atoms with van der Waals surface area (Å²) in [7, 11) is 1.35. The summed E-state index contributed by atoms with van der Waals surface area (Å²) in [4.78, 5) is 13.1. The van der Waals surface area contributed by atoms with Crippen LogP contribution in [0.15, 0.2) is 47.4 Å². The Morgan fingerprint density at radius 3 is 2.38 bits per heavy atom. The number of carbonyl (C=O) groups is 1. The molecule has 0 aliphatic carbocycles. The quantitative estimate of drug-likeness (QED) is 0.531. The maximum atomic E-state index is 12.9. The molecule has 3 rings (SSSR count). The summed E-state index contributed by atoms with van der Waals surface area (Å²) >= 11 is 0. The third-order valence-electron chi connectivity index (χ3n) is 5.52. The molecule has 0 aliphatic rings. The van der Waals surface area contributed by atoms with Crippen LogP contribution in [0, 0.1) is 0 Å². The van der Waals surface area contributed by atoms with Gasteiger partial charge in [-0.1, -0.05) is 13.8 Å². The van der Waals surface area contributed by atoms with Gasteiger partial charge < -0.3 is 19.4 Å². The number of ether oxygens (including phenoxy) is 2. The van der Waals surface area contributed by atoms with Crippen LogP contribution in [0.25, 0.3) is 10.9 Å². The zero-order valence-corrected chi connectivity index (χ0v) is 19.8. The number of aromatic nitrogens is 1. The Balaban J connectivity index is 1.86. The van der Waals surface area contributed by atoms with Crippen molar-refractivity contribution < 1.29 is 22.7 Å². The maximum Gasteiger partial charge on any atom is 0.268 e. The lowest BCUT2D eigenvalue weighted by atomic mass is 10.2. The molecule has 1 aromatic heterocycles. The van der Waals surface area contributed by atoms with E-state index in [4.69, 9.17) is 9.47 Å². The first-order chi connectivity index (χ1) is 15.3. The fourth-order valence-electron chi connectivity index (χ4n) is 3.68. The summed E-state index contributed by atoms with van der Waals surface area (Å²) in [6.07, 6.45) is 0. The summed E-state index contributed by atoms with van der Waals surface area (Å²) in [5, 5.41) is 3.59. The number of methoxy groups -OCH3 is 2. The second kappa shape index (κ2) is 9.62. The Hall–Kier alpha value is -3.04. The van der Waals surface area contributed by atoms with Crippen LogP contribution in [0.2, 0.25) is 0 Å². The fraction of sp³-hybridized carbons (Fsp3) is 0.348. The van der Waals surface area contributed by atoms with Gasteiger partial charge in [0.1, 0.15) is 17.2 Å². The molecule has 0 atom stereocenters. The number of carbonyl (C=O) groups excluding carboxylic acids is 1. The fourth-order valence-corrected chi connectivity index (χ4v) is 5.18. The van der Waals surface area contributed by atoms with Crippen molar-refractivity contribution in [3.05, 3.63) is 53.7 Å². The number of benzene rings is 2. The predicted molar refractivity (Wildman–Crippen MR) is 124 cm³/mol. The minimum absolute atomic E-state index is 0.217. The zero-order valence-electron chi connectivity index (χ0n) is 19.0. The van der Waals surface area contributed by atoms with Gasteiger partial charge in [0.2, 0.25) is 10.0 Å². The molecule has 8 nitrogen and oxygen atoms in total. The van der Waals surface area contributed by atoms with Crippen molar-refractivity contribution in [1.82, 2.24) is 14.2 Å². The first-order valence-electron chi connectivity index (χ1n) is 10.4.